The third-order valence-electron chi connectivity index (χ3n) is 2.74. The highest BCUT2D eigenvalue weighted by atomic mass is 16.4. The quantitative estimate of drug-likeness (QED) is 0.790. The maximum Gasteiger partial charge on any atom is 0.320 e. The lowest BCUT2D eigenvalue weighted by atomic mass is 10.2. The van der Waals surface area contributed by atoms with Crippen LogP contribution in [0.1, 0.15) is 26.1 Å². The standard InChI is InChI=1S/C11H19N3O2/c1-4-9(11(15)16)13(3)8-10-12-6-7-14(10)5-2/h6-7,9H,4-5,8H2,1-3H3,(H,15,16). The van der Waals surface area contributed by atoms with Crippen molar-refractivity contribution in [2.75, 3.05) is 7.05 Å². The predicted octanol–water partition coefficient (Wildman–Crippen LogP) is 1.20. The van der Waals surface area contributed by atoms with Gasteiger partial charge in [-0.3, -0.25) is 9.69 Å². The van der Waals surface area contributed by atoms with E-state index < -0.39 is 12.0 Å². The minimum Gasteiger partial charge on any atom is -0.480 e. The van der Waals surface area contributed by atoms with Gasteiger partial charge < -0.3 is 9.67 Å². The summed E-state index contributed by atoms with van der Waals surface area (Å²) in [6.07, 6.45) is 4.25. The van der Waals surface area contributed by atoms with Crippen LogP contribution < -0.4 is 0 Å². The number of carboxylic acids is 1. The molecule has 1 unspecified atom stereocenters. The Morgan fingerprint density at radius 3 is 2.81 bits per heavy atom. The van der Waals surface area contributed by atoms with Gasteiger partial charge >= 0.3 is 5.97 Å². The van der Waals surface area contributed by atoms with Crippen molar-refractivity contribution in [3.63, 3.8) is 0 Å². The molecule has 0 fully saturated rings. The zero-order chi connectivity index (χ0) is 12.1. The van der Waals surface area contributed by atoms with E-state index >= 15 is 0 Å². The first-order valence-electron chi connectivity index (χ1n) is 5.53. The van der Waals surface area contributed by atoms with Crippen molar-refractivity contribution >= 4 is 5.97 Å². The number of rotatable bonds is 6. The Balaban J connectivity index is 2.69. The van der Waals surface area contributed by atoms with E-state index in [1.165, 1.54) is 0 Å². The van der Waals surface area contributed by atoms with Crippen molar-refractivity contribution < 1.29 is 9.90 Å². The first kappa shape index (κ1) is 12.7. The Kier molecular flexibility index (Phi) is 4.49. The summed E-state index contributed by atoms with van der Waals surface area (Å²) in [5.74, 6) is 0.129. The zero-order valence-corrected chi connectivity index (χ0v) is 10.1. The van der Waals surface area contributed by atoms with Crippen LogP contribution in [0.2, 0.25) is 0 Å². The molecule has 0 aliphatic rings. The van der Waals surface area contributed by atoms with Crippen LogP contribution in [-0.4, -0.2) is 38.6 Å². The molecule has 5 heteroatoms. The van der Waals surface area contributed by atoms with E-state index in [1.54, 1.807) is 6.20 Å². The Morgan fingerprint density at radius 1 is 1.62 bits per heavy atom. The second kappa shape index (κ2) is 5.65. The molecule has 0 bridgehead atoms. The first-order chi connectivity index (χ1) is 7.60. The molecule has 90 valence electrons. The second-order valence-corrected chi connectivity index (χ2v) is 3.81. The van der Waals surface area contributed by atoms with E-state index in [1.807, 2.05) is 36.6 Å². The van der Waals surface area contributed by atoms with Crippen LogP contribution in [0.5, 0.6) is 0 Å². The lowest BCUT2D eigenvalue weighted by Crippen LogP contribution is -2.38. The number of imidazole rings is 1. The average Bonchev–Trinajstić information content (AvgIpc) is 2.65. The first-order valence-corrected chi connectivity index (χ1v) is 5.53. The van der Waals surface area contributed by atoms with E-state index in [0.29, 0.717) is 13.0 Å². The van der Waals surface area contributed by atoms with Gasteiger partial charge in [-0.05, 0) is 20.4 Å². The number of likely N-dealkylation sites (N-methyl/N-ethyl adjacent to an activating group) is 1. The molecule has 0 aliphatic carbocycles. The van der Waals surface area contributed by atoms with Gasteiger partial charge in [0.25, 0.3) is 0 Å². The maximum atomic E-state index is 11.0. The van der Waals surface area contributed by atoms with Crippen molar-refractivity contribution in [3.8, 4) is 0 Å². The lowest BCUT2D eigenvalue weighted by molar-refractivity contribution is -0.143. The summed E-state index contributed by atoms with van der Waals surface area (Å²) in [6, 6.07) is -0.443. The Hall–Kier alpha value is -1.36. The van der Waals surface area contributed by atoms with Gasteiger partial charge in [-0.1, -0.05) is 6.92 Å². The van der Waals surface area contributed by atoms with Gasteiger partial charge in [-0.2, -0.15) is 0 Å². The molecular formula is C11H19N3O2. The summed E-state index contributed by atoms with van der Waals surface area (Å²) in [5.41, 5.74) is 0. The molecule has 0 spiro atoms. The summed E-state index contributed by atoms with van der Waals surface area (Å²) in [7, 11) is 1.82. The molecular weight excluding hydrogens is 206 g/mol. The fraction of sp³-hybridized carbons (Fsp3) is 0.636. The van der Waals surface area contributed by atoms with Crippen LogP contribution in [0.3, 0.4) is 0 Å². The SMILES string of the molecule is CCC(C(=O)O)N(C)Cc1nccn1CC. The van der Waals surface area contributed by atoms with Crippen molar-refractivity contribution in [2.24, 2.45) is 0 Å². The summed E-state index contributed by atoms with van der Waals surface area (Å²) in [6.45, 7) is 5.33. The van der Waals surface area contributed by atoms with E-state index in [-0.39, 0.29) is 0 Å². The van der Waals surface area contributed by atoms with Crippen LogP contribution in [0.4, 0.5) is 0 Å². The van der Waals surface area contributed by atoms with Crippen LogP contribution >= 0.6 is 0 Å². The number of hydrogen-bond acceptors (Lipinski definition) is 3. The number of aliphatic carboxylic acids is 1. The van der Waals surface area contributed by atoms with Crippen molar-refractivity contribution in [1.29, 1.82) is 0 Å². The maximum absolute atomic E-state index is 11.0. The van der Waals surface area contributed by atoms with Crippen LogP contribution in [0.15, 0.2) is 12.4 Å². The molecule has 0 radical (unpaired) electrons. The van der Waals surface area contributed by atoms with Crippen molar-refractivity contribution in [2.45, 2.75) is 39.4 Å². The van der Waals surface area contributed by atoms with Crippen LogP contribution in [0, 0.1) is 0 Å². The van der Waals surface area contributed by atoms with Gasteiger partial charge in [0.2, 0.25) is 0 Å². The van der Waals surface area contributed by atoms with Crippen molar-refractivity contribution in [1.82, 2.24) is 14.5 Å². The van der Waals surface area contributed by atoms with Gasteiger partial charge in [0.1, 0.15) is 11.9 Å². The third-order valence-corrected chi connectivity index (χ3v) is 2.74. The molecule has 0 aromatic carbocycles. The molecule has 1 aromatic rings. The number of carboxylic acid groups (broad SMARTS) is 1. The van der Waals surface area contributed by atoms with Gasteiger partial charge in [-0.25, -0.2) is 4.98 Å². The van der Waals surface area contributed by atoms with Gasteiger partial charge in [0.05, 0.1) is 6.54 Å². The number of aryl methyl sites for hydroxylation is 1. The van der Waals surface area contributed by atoms with Gasteiger partial charge in [-0.15, -0.1) is 0 Å². The lowest BCUT2D eigenvalue weighted by Gasteiger charge is -2.23. The summed E-state index contributed by atoms with van der Waals surface area (Å²) < 4.78 is 2.02. The highest BCUT2D eigenvalue weighted by Gasteiger charge is 2.21. The molecule has 1 atom stereocenters. The molecule has 1 heterocycles. The highest BCUT2D eigenvalue weighted by Crippen LogP contribution is 2.07. The number of aromatic nitrogens is 2. The Morgan fingerprint density at radius 2 is 2.31 bits per heavy atom. The summed E-state index contributed by atoms with van der Waals surface area (Å²) >= 11 is 0. The van der Waals surface area contributed by atoms with E-state index in [2.05, 4.69) is 4.98 Å². The minimum absolute atomic E-state index is 0.443. The molecule has 0 amide bonds. The normalized spacial score (nSPS) is 13.0. The van der Waals surface area contributed by atoms with E-state index in [0.717, 1.165) is 12.4 Å². The average molecular weight is 225 g/mol. The third kappa shape index (κ3) is 2.82. The van der Waals surface area contributed by atoms with Crippen LogP contribution in [-0.2, 0) is 17.9 Å². The molecule has 0 saturated heterocycles. The fourth-order valence-electron chi connectivity index (χ4n) is 1.79. The predicted molar refractivity (Wildman–Crippen MR) is 61.1 cm³/mol. The Labute approximate surface area is 95.7 Å². The number of carbonyl (C=O) groups is 1. The number of hydrogen-bond donors (Lipinski definition) is 1. The minimum atomic E-state index is -0.778. The highest BCUT2D eigenvalue weighted by molar-refractivity contribution is 5.73. The molecule has 5 nitrogen and oxygen atoms in total. The summed E-state index contributed by atoms with van der Waals surface area (Å²) in [4.78, 5) is 17.0. The molecule has 1 rings (SSSR count). The summed E-state index contributed by atoms with van der Waals surface area (Å²) in [5, 5.41) is 9.03. The largest absolute Gasteiger partial charge is 0.480 e. The van der Waals surface area contributed by atoms with Crippen molar-refractivity contribution in [3.05, 3.63) is 18.2 Å². The van der Waals surface area contributed by atoms with Gasteiger partial charge in [0.15, 0.2) is 0 Å². The topological polar surface area (TPSA) is 58.4 Å². The van der Waals surface area contributed by atoms with Crippen LogP contribution in [0.25, 0.3) is 0 Å². The number of nitrogens with zero attached hydrogens (tertiary/aromatic N) is 3. The van der Waals surface area contributed by atoms with E-state index in [4.69, 9.17) is 5.11 Å². The Bertz CT molecular complexity index is 349. The van der Waals surface area contributed by atoms with E-state index in [9.17, 15) is 4.79 Å². The molecule has 0 aliphatic heterocycles. The monoisotopic (exact) mass is 225 g/mol. The van der Waals surface area contributed by atoms with Gasteiger partial charge in [0, 0.05) is 18.9 Å². The molecule has 1 aromatic heterocycles. The zero-order valence-electron chi connectivity index (χ0n) is 10.1. The molecule has 1 N–H and O–H groups in total. The molecule has 0 saturated carbocycles. The second-order valence-electron chi connectivity index (χ2n) is 3.81. The fourth-order valence-corrected chi connectivity index (χ4v) is 1.79. The molecule has 16 heavy (non-hydrogen) atoms. The smallest absolute Gasteiger partial charge is 0.320 e.